The van der Waals surface area contributed by atoms with Gasteiger partial charge in [-0.05, 0) is 62.9 Å². The molecular formula is C21H33N3O2. The normalized spacial score (nSPS) is 16.8. The number of methoxy groups -OCH3 is 1. The van der Waals surface area contributed by atoms with E-state index in [0.717, 1.165) is 36.9 Å². The highest BCUT2D eigenvalue weighted by Crippen LogP contribution is 2.28. The van der Waals surface area contributed by atoms with E-state index in [0.29, 0.717) is 19.1 Å². The second-order valence-electron chi connectivity index (χ2n) is 7.29. The molecule has 144 valence electrons. The Morgan fingerprint density at radius 2 is 2.08 bits per heavy atom. The quantitative estimate of drug-likeness (QED) is 0.647. The lowest BCUT2D eigenvalue weighted by atomic mass is 9.98. The molecule has 1 aliphatic heterocycles. The van der Waals surface area contributed by atoms with Crippen molar-refractivity contribution in [3.63, 3.8) is 0 Å². The van der Waals surface area contributed by atoms with Gasteiger partial charge in [-0.1, -0.05) is 13.0 Å². The van der Waals surface area contributed by atoms with Gasteiger partial charge in [0.1, 0.15) is 0 Å². The van der Waals surface area contributed by atoms with Crippen molar-refractivity contribution < 1.29 is 9.47 Å². The third kappa shape index (κ3) is 6.51. The van der Waals surface area contributed by atoms with Crippen LogP contribution in [-0.2, 0) is 6.54 Å². The summed E-state index contributed by atoms with van der Waals surface area (Å²) >= 11 is 0. The molecule has 1 unspecified atom stereocenters. The minimum absolute atomic E-state index is 0.511. The lowest BCUT2D eigenvalue weighted by Crippen LogP contribution is -2.44. The Hall–Kier alpha value is -1.77. The largest absolute Gasteiger partial charge is 0.493 e. The van der Waals surface area contributed by atoms with E-state index >= 15 is 0 Å². The number of hydrogen-bond donors (Lipinski definition) is 1. The van der Waals surface area contributed by atoms with Gasteiger partial charge in [0, 0.05) is 25.6 Å². The van der Waals surface area contributed by atoms with Crippen molar-refractivity contribution >= 4 is 0 Å². The number of likely N-dealkylation sites (tertiary alicyclic amines) is 1. The highest BCUT2D eigenvalue weighted by Gasteiger charge is 2.19. The fourth-order valence-corrected chi connectivity index (χ4v) is 3.30. The molecule has 0 bridgehead atoms. The molecule has 0 aromatic heterocycles. The first kappa shape index (κ1) is 20.5. The zero-order valence-electron chi connectivity index (χ0n) is 16.5. The SMILES string of the molecule is COc1ccc(CNCC(C)N2CCC(C)CC2)cc1OCCCC#N. The first-order chi connectivity index (χ1) is 12.6. The summed E-state index contributed by atoms with van der Waals surface area (Å²) in [6.07, 6.45) is 3.87. The zero-order valence-corrected chi connectivity index (χ0v) is 16.5. The highest BCUT2D eigenvalue weighted by atomic mass is 16.5. The number of benzene rings is 1. The predicted molar refractivity (Wildman–Crippen MR) is 104 cm³/mol. The van der Waals surface area contributed by atoms with Gasteiger partial charge in [-0.2, -0.15) is 5.26 Å². The Morgan fingerprint density at radius 3 is 2.77 bits per heavy atom. The third-order valence-electron chi connectivity index (χ3n) is 5.13. The molecule has 0 radical (unpaired) electrons. The molecule has 5 nitrogen and oxygen atoms in total. The van der Waals surface area contributed by atoms with Gasteiger partial charge in [0.15, 0.2) is 11.5 Å². The van der Waals surface area contributed by atoms with Crippen molar-refractivity contribution in [2.45, 2.75) is 52.1 Å². The van der Waals surface area contributed by atoms with Gasteiger partial charge < -0.3 is 14.8 Å². The average Bonchev–Trinajstić information content (AvgIpc) is 2.66. The van der Waals surface area contributed by atoms with Crippen molar-refractivity contribution in [1.82, 2.24) is 10.2 Å². The molecule has 1 aromatic rings. The highest BCUT2D eigenvalue weighted by molar-refractivity contribution is 5.42. The van der Waals surface area contributed by atoms with Crippen LogP contribution in [0.3, 0.4) is 0 Å². The van der Waals surface area contributed by atoms with Gasteiger partial charge >= 0.3 is 0 Å². The Kier molecular flexibility index (Phi) is 8.73. The van der Waals surface area contributed by atoms with Gasteiger partial charge in [0.25, 0.3) is 0 Å². The van der Waals surface area contributed by atoms with Crippen LogP contribution in [0.1, 0.15) is 45.1 Å². The molecule has 0 saturated carbocycles. The third-order valence-corrected chi connectivity index (χ3v) is 5.13. The number of nitrogens with one attached hydrogen (secondary N) is 1. The molecule has 1 aromatic carbocycles. The van der Waals surface area contributed by atoms with E-state index in [2.05, 4.69) is 36.2 Å². The molecule has 0 aliphatic carbocycles. The number of piperidine rings is 1. The van der Waals surface area contributed by atoms with E-state index in [9.17, 15) is 0 Å². The van der Waals surface area contributed by atoms with E-state index in [4.69, 9.17) is 14.7 Å². The van der Waals surface area contributed by atoms with Gasteiger partial charge in [0.05, 0.1) is 19.8 Å². The molecule has 1 aliphatic rings. The van der Waals surface area contributed by atoms with Gasteiger partial charge in [-0.25, -0.2) is 0 Å². The molecule has 26 heavy (non-hydrogen) atoms. The van der Waals surface area contributed by atoms with Crippen molar-refractivity contribution in [1.29, 1.82) is 5.26 Å². The van der Waals surface area contributed by atoms with Crippen molar-refractivity contribution in [3.05, 3.63) is 23.8 Å². The summed E-state index contributed by atoms with van der Waals surface area (Å²) < 4.78 is 11.2. The molecule has 1 atom stereocenters. The number of unbranched alkanes of at least 4 members (excludes halogenated alkanes) is 1. The second kappa shape index (κ2) is 11.1. The minimum Gasteiger partial charge on any atom is -0.493 e. The summed E-state index contributed by atoms with van der Waals surface area (Å²) in [5, 5.41) is 12.2. The number of nitrogens with zero attached hydrogens (tertiary/aromatic N) is 2. The van der Waals surface area contributed by atoms with Crippen LogP contribution >= 0.6 is 0 Å². The molecule has 5 heteroatoms. The maximum atomic E-state index is 8.62. The summed E-state index contributed by atoms with van der Waals surface area (Å²) in [4.78, 5) is 2.59. The minimum atomic E-state index is 0.511. The fraction of sp³-hybridized carbons (Fsp3) is 0.667. The standard InChI is InChI=1S/C21H33N3O2/c1-17-8-11-24(12-9-17)18(2)15-23-16-19-6-7-20(25-3)21(14-19)26-13-5-4-10-22/h6-7,14,17-18,23H,4-5,8-9,11-13,15-16H2,1-3H3. The smallest absolute Gasteiger partial charge is 0.161 e. The van der Waals surface area contributed by atoms with Crippen molar-refractivity contribution in [3.8, 4) is 17.6 Å². The molecular weight excluding hydrogens is 326 g/mol. The van der Waals surface area contributed by atoms with Crippen LogP contribution < -0.4 is 14.8 Å². The summed E-state index contributed by atoms with van der Waals surface area (Å²) in [6, 6.07) is 8.75. The summed E-state index contributed by atoms with van der Waals surface area (Å²) in [7, 11) is 1.65. The molecule has 2 rings (SSSR count). The van der Waals surface area contributed by atoms with E-state index in [-0.39, 0.29) is 0 Å². The topological polar surface area (TPSA) is 57.5 Å². The zero-order chi connectivity index (χ0) is 18.8. The Morgan fingerprint density at radius 1 is 1.31 bits per heavy atom. The maximum absolute atomic E-state index is 8.62. The Balaban J connectivity index is 1.80. The molecule has 0 amide bonds. The Bertz CT molecular complexity index is 577. The fourth-order valence-electron chi connectivity index (χ4n) is 3.30. The van der Waals surface area contributed by atoms with Crippen LogP contribution in [-0.4, -0.2) is 44.3 Å². The molecule has 1 N–H and O–H groups in total. The van der Waals surface area contributed by atoms with Gasteiger partial charge in [-0.15, -0.1) is 0 Å². The summed E-state index contributed by atoms with van der Waals surface area (Å²) in [6.45, 7) is 9.42. The van der Waals surface area contributed by atoms with Crippen LogP contribution in [0.25, 0.3) is 0 Å². The van der Waals surface area contributed by atoms with Crippen LogP contribution in [0.5, 0.6) is 11.5 Å². The van der Waals surface area contributed by atoms with Gasteiger partial charge in [-0.3, -0.25) is 4.90 Å². The van der Waals surface area contributed by atoms with Crippen LogP contribution in [0.15, 0.2) is 18.2 Å². The molecule has 0 spiro atoms. The summed E-state index contributed by atoms with van der Waals surface area (Å²) in [5.41, 5.74) is 1.18. The van der Waals surface area contributed by atoms with Crippen LogP contribution in [0.2, 0.25) is 0 Å². The van der Waals surface area contributed by atoms with E-state index in [1.165, 1.54) is 31.5 Å². The summed E-state index contributed by atoms with van der Waals surface area (Å²) in [5.74, 6) is 2.36. The molecule has 1 heterocycles. The predicted octanol–water partition coefficient (Wildman–Crippen LogP) is 3.59. The Labute approximate surface area is 158 Å². The number of rotatable bonds is 10. The van der Waals surface area contributed by atoms with Crippen molar-refractivity contribution in [2.24, 2.45) is 5.92 Å². The average molecular weight is 360 g/mol. The second-order valence-corrected chi connectivity index (χ2v) is 7.29. The monoisotopic (exact) mass is 359 g/mol. The number of ether oxygens (including phenoxy) is 2. The lowest BCUT2D eigenvalue weighted by molar-refractivity contribution is 0.144. The van der Waals surface area contributed by atoms with E-state index in [1.807, 2.05) is 12.1 Å². The van der Waals surface area contributed by atoms with E-state index < -0.39 is 0 Å². The number of nitriles is 1. The maximum Gasteiger partial charge on any atom is 0.161 e. The lowest BCUT2D eigenvalue weighted by Gasteiger charge is -2.35. The molecule has 1 saturated heterocycles. The van der Waals surface area contributed by atoms with Crippen molar-refractivity contribution in [2.75, 3.05) is 33.4 Å². The number of hydrogen-bond acceptors (Lipinski definition) is 5. The van der Waals surface area contributed by atoms with Crippen LogP contribution in [0, 0.1) is 17.2 Å². The first-order valence-corrected chi connectivity index (χ1v) is 9.75. The first-order valence-electron chi connectivity index (χ1n) is 9.75. The molecule has 1 fully saturated rings. The van der Waals surface area contributed by atoms with E-state index in [1.54, 1.807) is 7.11 Å². The van der Waals surface area contributed by atoms with Gasteiger partial charge in [0.2, 0.25) is 0 Å². The van der Waals surface area contributed by atoms with Crippen LogP contribution in [0.4, 0.5) is 0 Å².